The lowest BCUT2D eigenvalue weighted by atomic mass is 10.1. The van der Waals surface area contributed by atoms with Crippen LogP contribution in [0, 0.1) is 0 Å². The normalized spacial score (nSPS) is 11.4. The number of amides is 1. The third kappa shape index (κ3) is 4.17. The van der Waals surface area contributed by atoms with Crippen molar-refractivity contribution < 1.29 is 24.2 Å². The van der Waals surface area contributed by atoms with Crippen LogP contribution in [0.25, 0.3) is 0 Å². The van der Waals surface area contributed by atoms with Gasteiger partial charge in [0, 0.05) is 11.1 Å². The van der Waals surface area contributed by atoms with Crippen LogP contribution in [0.3, 0.4) is 0 Å². The van der Waals surface area contributed by atoms with Crippen LogP contribution in [-0.2, 0) is 14.3 Å². The van der Waals surface area contributed by atoms with Gasteiger partial charge in [-0.05, 0) is 32.9 Å². The van der Waals surface area contributed by atoms with Gasteiger partial charge in [0.15, 0.2) is 0 Å². The fraction of sp³-hybridized carbons (Fsp3) is 0.267. The van der Waals surface area contributed by atoms with Gasteiger partial charge in [0.05, 0.1) is 17.9 Å². The van der Waals surface area contributed by atoms with Crippen LogP contribution in [0.2, 0.25) is 0 Å². The number of hydrogen-bond acceptors (Lipinski definition) is 4. The fourth-order valence-corrected chi connectivity index (χ4v) is 1.53. The molecule has 0 aliphatic rings. The summed E-state index contributed by atoms with van der Waals surface area (Å²) >= 11 is 0. The molecule has 6 heteroatoms. The summed E-state index contributed by atoms with van der Waals surface area (Å²) < 4.78 is 4.90. The monoisotopic (exact) mass is 291 g/mol. The Hall–Kier alpha value is -2.63. The average Bonchev–Trinajstić information content (AvgIpc) is 2.46. The fourth-order valence-electron chi connectivity index (χ4n) is 1.53. The van der Waals surface area contributed by atoms with Crippen LogP contribution in [0.4, 0.5) is 5.69 Å². The van der Waals surface area contributed by atoms with Gasteiger partial charge in [-0.1, -0.05) is 12.1 Å². The molecule has 0 fully saturated rings. The van der Waals surface area contributed by atoms with Crippen molar-refractivity contribution in [3.8, 4) is 0 Å². The molecule has 0 atom stereocenters. The first-order chi connectivity index (χ1) is 9.88. The number of anilines is 1. The third-order valence-electron chi connectivity index (χ3n) is 2.89. The molecule has 0 saturated heterocycles. The maximum absolute atomic E-state index is 12.0. The summed E-state index contributed by atoms with van der Waals surface area (Å²) in [6.07, 6.45) is 0. The number of hydrogen-bond donors (Lipinski definition) is 2. The van der Waals surface area contributed by atoms with Crippen molar-refractivity contribution in [1.82, 2.24) is 0 Å². The molecule has 1 aromatic carbocycles. The number of carbonyl (C=O) groups is 3. The lowest BCUT2D eigenvalue weighted by Crippen LogP contribution is -2.18. The minimum atomic E-state index is -1.17. The first kappa shape index (κ1) is 16.4. The van der Waals surface area contributed by atoms with E-state index < -0.39 is 17.8 Å². The summed E-state index contributed by atoms with van der Waals surface area (Å²) in [5.41, 5.74) is 0.509. The number of nitrogens with one attached hydrogen (secondary N) is 1. The second-order valence-electron chi connectivity index (χ2n) is 4.28. The number of benzene rings is 1. The van der Waals surface area contributed by atoms with Gasteiger partial charge in [-0.3, -0.25) is 4.79 Å². The zero-order chi connectivity index (χ0) is 16.0. The molecule has 0 bridgehead atoms. The highest BCUT2D eigenvalue weighted by Gasteiger charge is 2.17. The van der Waals surface area contributed by atoms with Crippen molar-refractivity contribution in [3.05, 3.63) is 41.0 Å². The third-order valence-corrected chi connectivity index (χ3v) is 2.89. The SMILES string of the molecule is CCOC(=O)c1ccccc1NC(=O)C(C)=C(C)C(=O)O. The first-order valence-corrected chi connectivity index (χ1v) is 6.36. The highest BCUT2D eigenvalue weighted by molar-refractivity contribution is 6.10. The van der Waals surface area contributed by atoms with Gasteiger partial charge in [-0.2, -0.15) is 0 Å². The Morgan fingerprint density at radius 3 is 2.33 bits per heavy atom. The number of esters is 1. The molecule has 1 rings (SSSR count). The molecule has 0 radical (unpaired) electrons. The number of carboxylic acids is 1. The molecule has 0 spiro atoms. The molecule has 21 heavy (non-hydrogen) atoms. The first-order valence-electron chi connectivity index (χ1n) is 6.36. The van der Waals surface area contributed by atoms with Crippen LogP contribution in [0.1, 0.15) is 31.1 Å². The summed E-state index contributed by atoms with van der Waals surface area (Å²) in [4.78, 5) is 34.6. The Labute approximate surface area is 122 Å². The summed E-state index contributed by atoms with van der Waals surface area (Å²) in [5.74, 6) is -2.29. The van der Waals surface area contributed by atoms with Crippen molar-refractivity contribution in [2.75, 3.05) is 11.9 Å². The molecule has 0 aliphatic carbocycles. The zero-order valence-electron chi connectivity index (χ0n) is 12.1. The molecular formula is C15H17NO5. The summed E-state index contributed by atoms with van der Waals surface area (Å²) in [6.45, 7) is 4.65. The predicted molar refractivity (Wildman–Crippen MR) is 77.0 cm³/mol. The van der Waals surface area contributed by atoms with E-state index in [0.29, 0.717) is 0 Å². The van der Waals surface area contributed by atoms with E-state index in [1.165, 1.54) is 19.9 Å². The average molecular weight is 291 g/mol. The number of carboxylic acid groups (broad SMARTS) is 1. The van der Waals surface area contributed by atoms with Gasteiger partial charge in [0.25, 0.3) is 5.91 Å². The topological polar surface area (TPSA) is 92.7 Å². The number of para-hydroxylation sites is 1. The van der Waals surface area contributed by atoms with Crippen LogP contribution in [-0.4, -0.2) is 29.6 Å². The second kappa shape index (κ2) is 7.23. The van der Waals surface area contributed by atoms with E-state index in [4.69, 9.17) is 9.84 Å². The Morgan fingerprint density at radius 1 is 1.14 bits per heavy atom. The predicted octanol–water partition coefficient (Wildman–Crippen LogP) is 2.22. The molecule has 112 valence electrons. The van der Waals surface area contributed by atoms with Gasteiger partial charge >= 0.3 is 11.9 Å². The smallest absolute Gasteiger partial charge is 0.340 e. The number of rotatable bonds is 5. The van der Waals surface area contributed by atoms with Crippen molar-refractivity contribution in [2.24, 2.45) is 0 Å². The van der Waals surface area contributed by atoms with E-state index in [1.54, 1.807) is 25.1 Å². The van der Waals surface area contributed by atoms with E-state index in [1.807, 2.05) is 0 Å². The van der Waals surface area contributed by atoms with E-state index in [2.05, 4.69) is 5.32 Å². The lowest BCUT2D eigenvalue weighted by Gasteiger charge is -2.11. The summed E-state index contributed by atoms with van der Waals surface area (Å²) in [5, 5.41) is 11.4. The van der Waals surface area contributed by atoms with Crippen LogP contribution >= 0.6 is 0 Å². The standard InChI is InChI=1S/C15H17NO5/c1-4-21-15(20)11-7-5-6-8-12(11)16-13(17)9(2)10(3)14(18)19/h5-8H,4H2,1-3H3,(H,16,17)(H,18,19). The zero-order valence-corrected chi connectivity index (χ0v) is 12.1. The Kier molecular flexibility index (Phi) is 5.66. The minimum Gasteiger partial charge on any atom is -0.478 e. The second-order valence-corrected chi connectivity index (χ2v) is 4.28. The van der Waals surface area contributed by atoms with Crippen LogP contribution in [0.5, 0.6) is 0 Å². The summed E-state index contributed by atoms with van der Waals surface area (Å²) in [7, 11) is 0. The molecule has 0 unspecified atom stereocenters. The number of ether oxygens (including phenoxy) is 1. The minimum absolute atomic E-state index is 0.0545. The number of carbonyl (C=O) groups excluding carboxylic acids is 2. The van der Waals surface area contributed by atoms with Crippen molar-refractivity contribution in [2.45, 2.75) is 20.8 Å². The maximum atomic E-state index is 12.0. The molecule has 6 nitrogen and oxygen atoms in total. The molecule has 2 N–H and O–H groups in total. The molecule has 1 amide bonds. The molecule has 0 aromatic heterocycles. The van der Waals surface area contributed by atoms with E-state index in [9.17, 15) is 14.4 Å². The van der Waals surface area contributed by atoms with Gasteiger partial charge < -0.3 is 15.2 Å². The Bertz CT molecular complexity index is 604. The van der Waals surface area contributed by atoms with E-state index >= 15 is 0 Å². The molecular weight excluding hydrogens is 274 g/mol. The summed E-state index contributed by atoms with van der Waals surface area (Å²) in [6, 6.07) is 6.37. The molecule has 1 aromatic rings. The number of aliphatic carboxylic acids is 1. The van der Waals surface area contributed by atoms with Gasteiger partial charge in [0.2, 0.25) is 0 Å². The van der Waals surface area contributed by atoms with Crippen LogP contribution < -0.4 is 5.32 Å². The maximum Gasteiger partial charge on any atom is 0.340 e. The van der Waals surface area contributed by atoms with Crippen molar-refractivity contribution in [3.63, 3.8) is 0 Å². The van der Waals surface area contributed by atoms with E-state index in [-0.39, 0.29) is 29.0 Å². The van der Waals surface area contributed by atoms with Crippen molar-refractivity contribution in [1.29, 1.82) is 0 Å². The highest BCUT2D eigenvalue weighted by Crippen LogP contribution is 2.18. The van der Waals surface area contributed by atoms with Crippen molar-refractivity contribution >= 4 is 23.5 Å². The van der Waals surface area contributed by atoms with E-state index in [0.717, 1.165) is 0 Å². The molecule has 0 heterocycles. The largest absolute Gasteiger partial charge is 0.478 e. The van der Waals surface area contributed by atoms with Gasteiger partial charge in [0.1, 0.15) is 0 Å². The van der Waals surface area contributed by atoms with Gasteiger partial charge in [-0.25, -0.2) is 9.59 Å². The van der Waals surface area contributed by atoms with Crippen LogP contribution in [0.15, 0.2) is 35.4 Å². The Balaban J connectivity index is 3.04. The molecule has 0 aliphatic heterocycles. The quantitative estimate of drug-likeness (QED) is 0.641. The highest BCUT2D eigenvalue weighted by atomic mass is 16.5. The van der Waals surface area contributed by atoms with Gasteiger partial charge in [-0.15, -0.1) is 0 Å². The Morgan fingerprint density at radius 2 is 1.76 bits per heavy atom. The molecule has 0 saturated carbocycles. The lowest BCUT2D eigenvalue weighted by molar-refractivity contribution is -0.133.